The molecule has 2 aromatic rings. The number of fused-ring (bicyclic) bond motifs is 1. The molecule has 0 amide bonds. The molecule has 1 aromatic carbocycles. The van der Waals surface area contributed by atoms with E-state index in [4.69, 9.17) is 4.42 Å². The summed E-state index contributed by atoms with van der Waals surface area (Å²) in [5.74, 6) is 0. The van der Waals surface area contributed by atoms with Crippen LogP contribution in [0.15, 0.2) is 53.1 Å². The fourth-order valence-corrected chi connectivity index (χ4v) is 1.56. The molecule has 0 radical (unpaired) electrons. The summed E-state index contributed by atoms with van der Waals surface area (Å²) in [6, 6.07) is 14.2. The molecule has 0 atom stereocenters. The van der Waals surface area contributed by atoms with Gasteiger partial charge in [-0.1, -0.05) is 44.2 Å². The van der Waals surface area contributed by atoms with E-state index in [1.807, 2.05) is 32.0 Å². The molecule has 0 fully saturated rings. The summed E-state index contributed by atoms with van der Waals surface area (Å²) in [5.41, 5.74) is 3.34. The van der Waals surface area contributed by atoms with Gasteiger partial charge in [0.1, 0.15) is 5.58 Å². The Morgan fingerprint density at radius 3 is 2.41 bits per heavy atom. The summed E-state index contributed by atoms with van der Waals surface area (Å²) in [4.78, 5) is 0. The Morgan fingerprint density at radius 2 is 1.65 bits per heavy atom. The van der Waals surface area contributed by atoms with Gasteiger partial charge in [0.25, 0.3) is 0 Å². The first-order valence-corrected chi connectivity index (χ1v) is 6.05. The van der Waals surface area contributed by atoms with Crippen molar-refractivity contribution < 1.29 is 4.42 Å². The Morgan fingerprint density at radius 1 is 0.882 bits per heavy atom. The van der Waals surface area contributed by atoms with Gasteiger partial charge in [-0.2, -0.15) is 0 Å². The zero-order chi connectivity index (χ0) is 12.7. The third kappa shape index (κ3) is 3.63. The lowest BCUT2D eigenvalue weighted by Gasteiger charge is -1.97. The minimum atomic E-state index is 0.920. The molecule has 1 heteroatoms. The largest absolute Gasteiger partial charge is 0.464 e. The highest BCUT2D eigenvalue weighted by atomic mass is 16.3. The highest BCUT2D eigenvalue weighted by molar-refractivity contribution is 5.79. The number of aryl methyl sites for hydroxylation is 2. The highest BCUT2D eigenvalue weighted by Gasteiger charge is 1.95. The average Bonchev–Trinajstić information content (AvgIpc) is 2.43. The van der Waals surface area contributed by atoms with E-state index >= 15 is 0 Å². The molecule has 0 aliphatic rings. The van der Waals surface area contributed by atoms with Crippen molar-refractivity contribution in [1.82, 2.24) is 0 Å². The van der Waals surface area contributed by atoms with E-state index in [-0.39, 0.29) is 0 Å². The summed E-state index contributed by atoms with van der Waals surface area (Å²) in [6.07, 6.45) is 1.71. The molecule has 17 heavy (non-hydrogen) atoms. The van der Waals surface area contributed by atoms with Crippen molar-refractivity contribution in [2.45, 2.75) is 27.7 Å². The number of rotatable bonds is 0. The van der Waals surface area contributed by atoms with E-state index in [1.54, 1.807) is 6.26 Å². The molecule has 90 valence electrons. The van der Waals surface area contributed by atoms with Crippen molar-refractivity contribution >= 4 is 11.0 Å². The normalized spacial score (nSPS) is 9.18. The van der Waals surface area contributed by atoms with Gasteiger partial charge in [-0.05, 0) is 37.1 Å². The predicted molar refractivity (Wildman–Crippen MR) is 74.7 cm³/mol. The minimum Gasteiger partial charge on any atom is -0.464 e. The molecular formula is C16H20O. The summed E-state index contributed by atoms with van der Waals surface area (Å²) in [6.45, 7) is 8.16. The first kappa shape index (κ1) is 13.3. The van der Waals surface area contributed by atoms with Gasteiger partial charge in [0.15, 0.2) is 0 Å². The summed E-state index contributed by atoms with van der Waals surface area (Å²) >= 11 is 0. The molecule has 0 saturated carbocycles. The third-order valence-electron chi connectivity index (χ3n) is 2.40. The van der Waals surface area contributed by atoms with Crippen LogP contribution in [-0.4, -0.2) is 0 Å². The molecule has 0 unspecified atom stereocenters. The number of hydrogen-bond donors (Lipinski definition) is 0. The van der Waals surface area contributed by atoms with Crippen LogP contribution >= 0.6 is 0 Å². The smallest absolute Gasteiger partial charge is 0.134 e. The average molecular weight is 228 g/mol. The number of hydrogen-bond acceptors (Lipinski definition) is 1. The lowest BCUT2D eigenvalue weighted by molar-refractivity contribution is 0.606. The van der Waals surface area contributed by atoms with E-state index in [2.05, 4.69) is 38.1 Å². The van der Waals surface area contributed by atoms with Crippen molar-refractivity contribution in [1.29, 1.82) is 0 Å². The Kier molecular flexibility index (Phi) is 5.28. The second-order valence-electron chi connectivity index (χ2n) is 3.68. The van der Waals surface area contributed by atoms with E-state index in [9.17, 15) is 0 Å². The molecular weight excluding hydrogens is 208 g/mol. The van der Waals surface area contributed by atoms with Gasteiger partial charge in [0.05, 0.1) is 6.26 Å². The lowest BCUT2D eigenvalue weighted by Crippen LogP contribution is -1.75. The van der Waals surface area contributed by atoms with Crippen LogP contribution in [0.5, 0.6) is 0 Å². The highest BCUT2D eigenvalue weighted by Crippen LogP contribution is 2.16. The number of benzene rings is 1. The van der Waals surface area contributed by atoms with Gasteiger partial charge in [-0.15, -0.1) is 0 Å². The fourth-order valence-electron chi connectivity index (χ4n) is 1.56. The van der Waals surface area contributed by atoms with Crippen molar-refractivity contribution in [2.75, 3.05) is 0 Å². The summed E-state index contributed by atoms with van der Waals surface area (Å²) < 4.78 is 5.59. The van der Waals surface area contributed by atoms with Gasteiger partial charge < -0.3 is 4.42 Å². The van der Waals surface area contributed by atoms with Crippen molar-refractivity contribution in [2.24, 2.45) is 0 Å². The maximum absolute atomic E-state index is 5.59. The van der Waals surface area contributed by atoms with Gasteiger partial charge >= 0.3 is 0 Å². The Hall–Kier alpha value is -1.76. The van der Waals surface area contributed by atoms with Crippen molar-refractivity contribution in [3.05, 3.63) is 59.9 Å². The van der Waals surface area contributed by atoms with Crippen LogP contribution in [0.2, 0.25) is 0 Å². The molecule has 0 bridgehead atoms. The molecule has 0 aliphatic carbocycles. The van der Waals surface area contributed by atoms with Gasteiger partial charge in [0.2, 0.25) is 0 Å². The van der Waals surface area contributed by atoms with Crippen LogP contribution in [0, 0.1) is 13.8 Å². The van der Waals surface area contributed by atoms with E-state index < -0.39 is 0 Å². The molecule has 0 saturated heterocycles. The quantitative estimate of drug-likeness (QED) is 0.604. The SMILES string of the molecule is CC.Cc1ccc2c(C)cccccoc2c1. The van der Waals surface area contributed by atoms with E-state index in [0.29, 0.717) is 0 Å². The Bertz CT molecular complexity index is 522. The van der Waals surface area contributed by atoms with Crippen LogP contribution in [-0.2, 0) is 0 Å². The molecule has 2 rings (SSSR count). The third-order valence-corrected chi connectivity index (χ3v) is 2.40. The van der Waals surface area contributed by atoms with Crippen LogP contribution in [0.1, 0.15) is 25.0 Å². The van der Waals surface area contributed by atoms with Crippen molar-refractivity contribution in [3.8, 4) is 0 Å². The molecule has 0 spiro atoms. The second-order valence-corrected chi connectivity index (χ2v) is 3.68. The van der Waals surface area contributed by atoms with Crippen LogP contribution < -0.4 is 0 Å². The first-order valence-electron chi connectivity index (χ1n) is 6.05. The topological polar surface area (TPSA) is 13.1 Å². The van der Waals surface area contributed by atoms with Crippen LogP contribution in [0.3, 0.4) is 0 Å². The fraction of sp³-hybridized carbons (Fsp3) is 0.250. The molecule has 0 N–H and O–H groups in total. The minimum absolute atomic E-state index is 0.920. The standard InChI is InChI=1S/C14H14O.C2H6/c1-11-7-8-13-12(2)6-4-3-5-9-15-14(13)10-11;1-2/h3-10H,1-2H3;1-2H3. The first-order chi connectivity index (χ1) is 8.27. The summed E-state index contributed by atoms with van der Waals surface area (Å²) in [5, 5.41) is 1.15. The van der Waals surface area contributed by atoms with Gasteiger partial charge in [0, 0.05) is 5.39 Å². The second kappa shape index (κ2) is 6.74. The van der Waals surface area contributed by atoms with Crippen LogP contribution in [0.4, 0.5) is 0 Å². The lowest BCUT2D eigenvalue weighted by atomic mass is 10.1. The molecule has 1 aromatic heterocycles. The van der Waals surface area contributed by atoms with Crippen molar-refractivity contribution in [3.63, 3.8) is 0 Å². The monoisotopic (exact) mass is 228 g/mol. The Balaban J connectivity index is 0.000000686. The molecule has 1 heterocycles. The Labute approximate surface area is 103 Å². The summed E-state index contributed by atoms with van der Waals surface area (Å²) in [7, 11) is 0. The van der Waals surface area contributed by atoms with Crippen LogP contribution in [0.25, 0.3) is 11.0 Å². The predicted octanol–water partition coefficient (Wildman–Crippen LogP) is 5.20. The molecule has 1 nitrogen and oxygen atoms in total. The zero-order valence-corrected chi connectivity index (χ0v) is 11.0. The maximum Gasteiger partial charge on any atom is 0.134 e. The molecule has 0 aliphatic heterocycles. The zero-order valence-electron chi connectivity index (χ0n) is 11.0. The van der Waals surface area contributed by atoms with E-state index in [1.165, 1.54) is 11.1 Å². The van der Waals surface area contributed by atoms with Gasteiger partial charge in [-0.25, -0.2) is 0 Å². The maximum atomic E-state index is 5.59. The van der Waals surface area contributed by atoms with Gasteiger partial charge in [-0.3, -0.25) is 0 Å². The van der Waals surface area contributed by atoms with E-state index in [0.717, 1.165) is 11.0 Å².